The Bertz CT molecular complexity index is 1570. The van der Waals surface area contributed by atoms with Gasteiger partial charge in [-0.3, -0.25) is 9.35 Å². The third-order valence-electron chi connectivity index (χ3n) is 8.10. The highest BCUT2D eigenvalue weighted by molar-refractivity contribution is 7.83. The van der Waals surface area contributed by atoms with Gasteiger partial charge < -0.3 is 20.1 Å². The van der Waals surface area contributed by atoms with Gasteiger partial charge in [0.2, 0.25) is 5.78 Å². The minimum absolute atomic E-state index is 0.234. The Morgan fingerprint density at radius 3 is 2.83 bits per heavy atom. The summed E-state index contributed by atoms with van der Waals surface area (Å²) in [4.78, 5) is 31.0. The first-order valence-electron chi connectivity index (χ1n) is 14.0. The Morgan fingerprint density at radius 1 is 1.24 bits per heavy atom. The van der Waals surface area contributed by atoms with Crippen LogP contribution in [0.4, 0.5) is 11.6 Å². The standard InChI is InChI=1S/C28H33N6O6S2/c1-16-20(27-25-17(6-9-40-27)4-5-24(33-25)34-7-2-3-8-34)12-23(41-16)26(36)21-14-29-15-30-28(21)32-19-10-18(22(35)11-19)13-31-42(37,38)39/h4-5,12-15,18-19,22,27,31,35H,2-3,6-11H2,1H3,(H,29,30,32)(H,37,38,39)/t18-,19-,22+,27+/m1/s1. The Hall–Kier alpha value is -3.01. The molecule has 0 unspecified atom stereocenters. The number of nitrogens with zero attached hydrogens (tertiary/aromatic N) is 4. The number of thiophene rings is 1. The van der Waals surface area contributed by atoms with E-state index in [2.05, 4.69) is 32.3 Å². The average Bonchev–Trinajstić information content (AvgIpc) is 3.71. The van der Waals surface area contributed by atoms with E-state index in [4.69, 9.17) is 14.3 Å². The van der Waals surface area contributed by atoms with Crippen LogP contribution >= 0.6 is 11.3 Å². The summed E-state index contributed by atoms with van der Waals surface area (Å²) >= 11 is 1.39. The fraction of sp³-hybridized carbons (Fsp3) is 0.464. The van der Waals surface area contributed by atoms with Crippen LogP contribution in [0.3, 0.4) is 0 Å². The molecule has 1 radical (unpaired) electrons. The fourth-order valence-electron chi connectivity index (χ4n) is 5.98. The molecule has 0 aromatic carbocycles. The summed E-state index contributed by atoms with van der Waals surface area (Å²) in [7, 11) is -4.41. The minimum Gasteiger partial charge on any atom is -0.393 e. The number of carbonyl (C=O) groups excluding carboxylic acids is 1. The normalized spacial score (nSPS) is 24.1. The topological polar surface area (TPSA) is 167 Å². The number of hydrogen-bond acceptors (Lipinski definition) is 11. The van der Waals surface area contributed by atoms with E-state index < -0.39 is 22.3 Å². The maximum Gasteiger partial charge on any atom is 0.333 e. The van der Waals surface area contributed by atoms with Gasteiger partial charge in [-0.15, -0.1) is 11.3 Å². The van der Waals surface area contributed by atoms with E-state index in [0.717, 1.165) is 53.6 Å². The number of carbonyl (C=O) groups is 1. The van der Waals surface area contributed by atoms with Gasteiger partial charge in [-0.05, 0) is 56.7 Å². The quantitative estimate of drug-likeness (QED) is 0.207. The number of ether oxygens (including phenoxy) is 1. The molecule has 5 heterocycles. The molecule has 0 bridgehead atoms. The van der Waals surface area contributed by atoms with Crippen LogP contribution < -0.4 is 14.9 Å². The van der Waals surface area contributed by atoms with Gasteiger partial charge in [-0.25, -0.2) is 15.0 Å². The first kappa shape index (κ1) is 29.1. The monoisotopic (exact) mass is 613 g/mol. The van der Waals surface area contributed by atoms with Gasteiger partial charge in [-0.2, -0.15) is 13.1 Å². The highest BCUT2D eigenvalue weighted by Crippen LogP contribution is 2.39. The Labute approximate surface area is 248 Å². The molecule has 0 spiro atoms. The van der Waals surface area contributed by atoms with Crippen LogP contribution in [0.5, 0.6) is 0 Å². The summed E-state index contributed by atoms with van der Waals surface area (Å²) < 4.78 is 39.2. The van der Waals surface area contributed by atoms with Crippen LogP contribution in [-0.2, 0) is 21.5 Å². The Kier molecular flexibility index (Phi) is 8.26. The molecule has 3 aromatic rings. The summed E-state index contributed by atoms with van der Waals surface area (Å²) in [5, 5.41) is 13.6. The highest BCUT2D eigenvalue weighted by atomic mass is 32.2. The molecule has 223 valence electrons. The number of aliphatic hydroxyl groups is 1. The van der Waals surface area contributed by atoms with Crippen molar-refractivity contribution in [1.82, 2.24) is 19.7 Å². The summed E-state index contributed by atoms with van der Waals surface area (Å²) in [6, 6.07) is 5.85. The molecule has 3 aliphatic rings. The van der Waals surface area contributed by atoms with Crippen LogP contribution in [0.25, 0.3) is 0 Å². The largest absolute Gasteiger partial charge is 0.393 e. The van der Waals surface area contributed by atoms with Crippen molar-refractivity contribution >= 4 is 39.1 Å². The summed E-state index contributed by atoms with van der Waals surface area (Å²) in [6.45, 7) is 5.73. The van der Waals surface area contributed by atoms with Crippen molar-refractivity contribution in [2.24, 2.45) is 5.92 Å². The molecule has 12 nitrogen and oxygen atoms in total. The van der Waals surface area contributed by atoms with Crippen LogP contribution in [0.1, 0.15) is 68.7 Å². The zero-order chi connectivity index (χ0) is 29.4. The van der Waals surface area contributed by atoms with Crippen molar-refractivity contribution in [1.29, 1.82) is 0 Å². The molecule has 2 aliphatic heterocycles. The average molecular weight is 614 g/mol. The van der Waals surface area contributed by atoms with Crippen LogP contribution in [0, 0.1) is 19.4 Å². The van der Waals surface area contributed by atoms with Crippen LogP contribution in [0.15, 0.2) is 30.7 Å². The van der Waals surface area contributed by atoms with Crippen molar-refractivity contribution in [3.8, 4) is 0 Å². The third-order valence-corrected chi connectivity index (χ3v) is 9.60. The molecule has 1 saturated carbocycles. The van der Waals surface area contributed by atoms with Gasteiger partial charge >= 0.3 is 10.3 Å². The lowest BCUT2D eigenvalue weighted by Gasteiger charge is -2.27. The summed E-state index contributed by atoms with van der Waals surface area (Å²) in [5.74, 6) is 0.543. The molecule has 4 N–H and O–H groups in total. The SMILES string of the molecule is Cc1sc(C(=O)c2cncnc2N[C@H]2C[C@H](O)[C@@H]([CH]NS(=O)(=O)O)C2)cc1[C@@H]1OCCc2ccc(N3CCCC3)nc21. The second-order valence-corrected chi connectivity index (χ2v) is 13.4. The van der Waals surface area contributed by atoms with Crippen molar-refractivity contribution in [3.05, 3.63) is 69.4 Å². The lowest BCUT2D eigenvalue weighted by atomic mass is 9.97. The maximum absolute atomic E-state index is 13.8. The number of fused-ring (bicyclic) bond motifs is 1. The van der Waals surface area contributed by atoms with Crippen LogP contribution in [-0.4, -0.2) is 70.7 Å². The van der Waals surface area contributed by atoms with E-state index in [-0.39, 0.29) is 17.9 Å². The number of nitrogens with one attached hydrogen (secondary N) is 2. The molecule has 42 heavy (non-hydrogen) atoms. The van der Waals surface area contributed by atoms with Gasteiger partial charge in [0, 0.05) is 48.2 Å². The van der Waals surface area contributed by atoms with E-state index in [0.29, 0.717) is 35.7 Å². The van der Waals surface area contributed by atoms with Crippen molar-refractivity contribution in [2.75, 3.05) is 29.9 Å². The van der Waals surface area contributed by atoms with Crippen molar-refractivity contribution < 1.29 is 27.6 Å². The lowest BCUT2D eigenvalue weighted by Crippen LogP contribution is -2.27. The number of pyridine rings is 1. The minimum atomic E-state index is -4.41. The molecular weight excluding hydrogens is 580 g/mol. The predicted molar refractivity (Wildman–Crippen MR) is 157 cm³/mol. The molecule has 1 aliphatic carbocycles. The molecule has 1 saturated heterocycles. The highest BCUT2D eigenvalue weighted by Gasteiger charge is 2.35. The number of rotatable bonds is 9. The fourth-order valence-corrected chi connectivity index (χ4v) is 7.33. The molecule has 3 aromatic heterocycles. The summed E-state index contributed by atoms with van der Waals surface area (Å²) in [6.07, 6.45) is 5.42. The number of ketones is 1. The molecule has 14 heteroatoms. The molecule has 2 fully saturated rings. The third kappa shape index (κ3) is 6.19. The van der Waals surface area contributed by atoms with Gasteiger partial charge in [-0.1, -0.05) is 6.07 Å². The number of hydrogen-bond donors (Lipinski definition) is 4. The second-order valence-electron chi connectivity index (χ2n) is 10.9. The van der Waals surface area contributed by atoms with Gasteiger partial charge in [0.25, 0.3) is 0 Å². The zero-order valence-electron chi connectivity index (χ0n) is 23.1. The van der Waals surface area contributed by atoms with E-state index in [9.17, 15) is 18.3 Å². The predicted octanol–water partition coefficient (Wildman–Crippen LogP) is 2.84. The molecule has 0 amide bonds. The number of anilines is 2. The van der Waals surface area contributed by atoms with E-state index >= 15 is 0 Å². The van der Waals surface area contributed by atoms with Gasteiger partial charge in [0.1, 0.15) is 24.1 Å². The van der Waals surface area contributed by atoms with E-state index in [1.165, 1.54) is 36.7 Å². The van der Waals surface area contributed by atoms with Crippen LogP contribution in [0.2, 0.25) is 0 Å². The summed E-state index contributed by atoms with van der Waals surface area (Å²) in [5.41, 5.74) is 3.29. The first-order chi connectivity index (χ1) is 20.2. The first-order valence-corrected chi connectivity index (χ1v) is 16.3. The smallest absolute Gasteiger partial charge is 0.333 e. The Morgan fingerprint density at radius 2 is 2.05 bits per heavy atom. The van der Waals surface area contributed by atoms with Gasteiger partial charge in [0.05, 0.1) is 28.8 Å². The molecular formula is C28H33N6O6S2. The zero-order valence-corrected chi connectivity index (χ0v) is 24.7. The molecule has 4 atom stereocenters. The Balaban J connectivity index is 1.21. The number of aliphatic hydroxyl groups excluding tert-OH is 1. The van der Waals surface area contributed by atoms with Crippen molar-refractivity contribution in [3.63, 3.8) is 0 Å². The van der Waals surface area contributed by atoms with E-state index in [1.54, 1.807) is 0 Å². The van der Waals surface area contributed by atoms with Gasteiger partial charge in [0.15, 0.2) is 0 Å². The molecule has 6 rings (SSSR count). The van der Waals surface area contributed by atoms with E-state index in [1.807, 2.05) is 17.7 Å². The van der Waals surface area contributed by atoms with Crippen molar-refractivity contribution in [2.45, 2.75) is 57.3 Å². The number of aromatic nitrogens is 3. The second kappa shape index (κ2) is 11.9. The number of aryl methyl sites for hydroxylation is 1. The lowest BCUT2D eigenvalue weighted by molar-refractivity contribution is 0.0664. The maximum atomic E-state index is 13.8.